The van der Waals surface area contributed by atoms with Gasteiger partial charge < -0.3 is 20.1 Å². The van der Waals surface area contributed by atoms with Gasteiger partial charge in [-0.1, -0.05) is 0 Å². The van der Waals surface area contributed by atoms with Crippen LogP contribution in [-0.4, -0.2) is 67.4 Å². The molecule has 0 aromatic carbocycles. The number of nitrogens with one attached hydrogen (secondary N) is 1. The molecule has 7 heteroatoms. The number of likely N-dealkylation sites (N-methyl/N-ethyl adjacent to an activating group) is 1. The monoisotopic (exact) mass is 264 g/mol. The second kappa shape index (κ2) is 9.12. The van der Waals surface area contributed by atoms with E-state index in [1.165, 1.54) is 4.90 Å². The van der Waals surface area contributed by atoms with Gasteiger partial charge in [0.15, 0.2) is 0 Å². The van der Waals surface area contributed by atoms with Gasteiger partial charge in [0, 0.05) is 20.7 Å². The predicted octanol–water partition coefficient (Wildman–Crippen LogP) is 0.480. The van der Waals surface area contributed by atoms with Crippen LogP contribution in [0.5, 0.6) is 0 Å². The number of carbonyl (C=O) groups is 2. The number of rotatable bonds is 8. The Labute approximate surface area is 106 Å². The number of carboxylic acids is 1. The van der Waals surface area contributed by atoms with Crippen LogP contribution in [0.25, 0.3) is 0 Å². The Kier molecular flexibility index (Phi) is 8.61. The highest BCUT2D eigenvalue weighted by Crippen LogP contribution is 2.01. The molecule has 0 aliphatic heterocycles. The topological polar surface area (TPSA) is 78.9 Å². The van der Waals surface area contributed by atoms with Gasteiger partial charge in [0.2, 0.25) is 0 Å². The van der Waals surface area contributed by atoms with Crippen molar-refractivity contribution in [1.29, 1.82) is 0 Å². The smallest absolute Gasteiger partial charge is 0.326 e. The largest absolute Gasteiger partial charge is 0.480 e. The second-order valence-corrected chi connectivity index (χ2v) is 4.52. The number of ether oxygens (including phenoxy) is 1. The molecule has 0 saturated heterocycles. The lowest BCUT2D eigenvalue weighted by Gasteiger charge is -2.20. The van der Waals surface area contributed by atoms with E-state index in [9.17, 15) is 9.59 Å². The lowest BCUT2D eigenvalue weighted by Crippen LogP contribution is -2.47. The number of nitrogens with zero attached hydrogens (tertiary/aromatic N) is 1. The molecule has 0 aromatic rings. The Morgan fingerprint density at radius 3 is 2.65 bits per heavy atom. The van der Waals surface area contributed by atoms with Crippen molar-refractivity contribution in [2.24, 2.45) is 0 Å². The minimum Gasteiger partial charge on any atom is -0.480 e. The van der Waals surface area contributed by atoms with E-state index >= 15 is 0 Å². The summed E-state index contributed by atoms with van der Waals surface area (Å²) in [4.78, 5) is 23.9. The molecule has 0 aliphatic carbocycles. The van der Waals surface area contributed by atoms with Crippen molar-refractivity contribution in [2.45, 2.75) is 12.5 Å². The number of hydrogen-bond donors (Lipinski definition) is 2. The maximum absolute atomic E-state index is 11.6. The van der Waals surface area contributed by atoms with Crippen molar-refractivity contribution >= 4 is 23.8 Å². The first-order valence-corrected chi connectivity index (χ1v) is 6.64. The summed E-state index contributed by atoms with van der Waals surface area (Å²) in [5.41, 5.74) is 0. The van der Waals surface area contributed by atoms with E-state index < -0.39 is 18.0 Å². The van der Waals surface area contributed by atoms with Gasteiger partial charge in [-0.15, -0.1) is 0 Å². The zero-order chi connectivity index (χ0) is 13.3. The summed E-state index contributed by atoms with van der Waals surface area (Å²) >= 11 is 1.55. The van der Waals surface area contributed by atoms with Gasteiger partial charge in [-0.2, -0.15) is 11.8 Å². The first-order chi connectivity index (χ1) is 8.02. The van der Waals surface area contributed by atoms with Crippen molar-refractivity contribution in [3.05, 3.63) is 0 Å². The summed E-state index contributed by atoms with van der Waals surface area (Å²) in [6, 6.07) is -1.23. The molecule has 1 unspecified atom stereocenters. The number of urea groups is 1. The van der Waals surface area contributed by atoms with Gasteiger partial charge in [-0.05, 0) is 18.4 Å². The molecule has 6 nitrogen and oxygen atoms in total. The molecule has 2 N–H and O–H groups in total. The standard InChI is InChI=1S/C10H20N2O4S/c1-12(5-6-16-2)10(15)11-8(9(13)14)4-7-17-3/h8H,4-7H2,1-3H3,(H,11,15)(H,13,14). The minimum absolute atomic E-state index is 0.393. The fourth-order valence-electron chi connectivity index (χ4n) is 1.08. The van der Waals surface area contributed by atoms with E-state index in [0.717, 1.165) is 0 Å². The van der Waals surface area contributed by atoms with E-state index in [2.05, 4.69) is 5.32 Å². The fourth-order valence-corrected chi connectivity index (χ4v) is 1.55. The van der Waals surface area contributed by atoms with Gasteiger partial charge in [0.05, 0.1) is 6.61 Å². The lowest BCUT2D eigenvalue weighted by atomic mass is 10.2. The number of carbonyl (C=O) groups excluding carboxylic acids is 1. The van der Waals surface area contributed by atoms with Crippen molar-refractivity contribution in [3.63, 3.8) is 0 Å². The van der Waals surface area contributed by atoms with Crippen LogP contribution in [0.1, 0.15) is 6.42 Å². The molecule has 0 heterocycles. The van der Waals surface area contributed by atoms with Gasteiger partial charge >= 0.3 is 12.0 Å². The van der Waals surface area contributed by atoms with Gasteiger partial charge in [-0.3, -0.25) is 0 Å². The summed E-state index contributed by atoms with van der Waals surface area (Å²) in [6.45, 7) is 0.851. The number of carboxylic acid groups (broad SMARTS) is 1. The highest BCUT2D eigenvalue weighted by atomic mass is 32.2. The van der Waals surface area contributed by atoms with E-state index in [1.54, 1.807) is 25.9 Å². The van der Waals surface area contributed by atoms with Crippen LogP contribution in [0.3, 0.4) is 0 Å². The maximum Gasteiger partial charge on any atom is 0.326 e. The highest BCUT2D eigenvalue weighted by molar-refractivity contribution is 7.98. The van der Waals surface area contributed by atoms with E-state index in [4.69, 9.17) is 9.84 Å². The molecule has 0 spiro atoms. The van der Waals surface area contributed by atoms with Gasteiger partial charge in [-0.25, -0.2) is 9.59 Å². The van der Waals surface area contributed by atoms with Crippen LogP contribution in [-0.2, 0) is 9.53 Å². The molecule has 0 fully saturated rings. The molecule has 100 valence electrons. The highest BCUT2D eigenvalue weighted by Gasteiger charge is 2.20. The van der Waals surface area contributed by atoms with Crippen molar-refractivity contribution < 1.29 is 19.4 Å². The third-order valence-electron chi connectivity index (χ3n) is 2.18. The van der Waals surface area contributed by atoms with Crippen LogP contribution in [0.4, 0.5) is 4.79 Å². The number of amides is 2. The summed E-state index contributed by atoms with van der Waals surface area (Å²) in [6.07, 6.45) is 2.31. The van der Waals surface area contributed by atoms with E-state index in [-0.39, 0.29) is 0 Å². The fraction of sp³-hybridized carbons (Fsp3) is 0.800. The van der Waals surface area contributed by atoms with E-state index in [0.29, 0.717) is 25.3 Å². The molecule has 0 saturated carbocycles. The van der Waals surface area contributed by atoms with Crippen LogP contribution in [0, 0.1) is 0 Å². The second-order valence-electron chi connectivity index (χ2n) is 3.54. The Bertz CT molecular complexity index is 250. The molecule has 0 radical (unpaired) electrons. The predicted molar refractivity (Wildman–Crippen MR) is 67.5 cm³/mol. The van der Waals surface area contributed by atoms with Crippen molar-refractivity contribution in [2.75, 3.05) is 39.3 Å². The quantitative estimate of drug-likeness (QED) is 0.666. The summed E-state index contributed by atoms with van der Waals surface area (Å²) in [5, 5.41) is 11.4. The van der Waals surface area contributed by atoms with Crippen LogP contribution in [0.15, 0.2) is 0 Å². The molecule has 0 aromatic heterocycles. The average molecular weight is 264 g/mol. The molecule has 1 atom stereocenters. The lowest BCUT2D eigenvalue weighted by molar-refractivity contribution is -0.139. The Morgan fingerprint density at radius 2 is 2.18 bits per heavy atom. The molecule has 2 amide bonds. The zero-order valence-corrected chi connectivity index (χ0v) is 11.2. The molecule has 17 heavy (non-hydrogen) atoms. The Hall–Kier alpha value is -0.950. The van der Waals surface area contributed by atoms with Crippen molar-refractivity contribution in [3.8, 4) is 0 Å². The van der Waals surface area contributed by atoms with Crippen LogP contribution in [0.2, 0.25) is 0 Å². The van der Waals surface area contributed by atoms with Gasteiger partial charge in [0.1, 0.15) is 6.04 Å². The number of thioether (sulfide) groups is 1. The number of hydrogen-bond acceptors (Lipinski definition) is 4. The Morgan fingerprint density at radius 1 is 1.53 bits per heavy atom. The molecular weight excluding hydrogens is 244 g/mol. The van der Waals surface area contributed by atoms with Gasteiger partial charge in [0.25, 0.3) is 0 Å². The SMILES string of the molecule is COCCN(C)C(=O)NC(CCSC)C(=O)O. The molecule has 0 rings (SSSR count). The average Bonchev–Trinajstić information content (AvgIpc) is 2.30. The zero-order valence-electron chi connectivity index (χ0n) is 10.4. The summed E-state index contributed by atoms with van der Waals surface area (Å²) < 4.78 is 4.84. The third-order valence-corrected chi connectivity index (χ3v) is 2.83. The van der Waals surface area contributed by atoms with Crippen molar-refractivity contribution in [1.82, 2.24) is 10.2 Å². The minimum atomic E-state index is -1.01. The van der Waals surface area contributed by atoms with Crippen LogP contribution < -0.4 is 5.32 Å². The molecule has 0 aliphatic rings. The maximum atomic E-state index is 11.6. The normalized spacial score (nSPS) is 11.9. The summed E-state index contributed by atoms with van der Waals surface area (Å²) in [7, 11) is 3.14. The van der Waals surface area contributed by atoms with Crippen LogP contribution >= 0.6 is 11.8 Å². The third kappa shape index (κ3) is 7.06. The van der Waals surface area contributed by atoms with E-state index in [1.807, 2.05) is 6.26 Å². The Balaban J connectivity index is 4.15. The molecule has 0 bridgehead atoms. The number of aliphatic carboxylic acids is 1. The number of methoxy groups -OCH3 is 1. The first kappa shape index (κ1) is 16.1. The summed E-state index contributed by atoms with van der Waals surface area (Å²) in [5.74, 6) is -0.313. The molecular formula is C10H20N2O4S. The first-order valence-electron chi connectivity index (χ1n) is 5.25.